The van der Waals surface area contributed by atoms with Crippen molar-refractivity contribution in [2.24, 2.45) is 0 Å². The van der Waals surface area contributed by atoms with E-state index in [0.717, 1.165) is 6.61 Å². The first-order valence-corrected chi connectivity index (χ1v) is 5.41. The summed E-state index contributed by atoms with van der Waals surface area (Å²) >= 11 is 1.47. The van der Waals surface area contributed by atoms with Crippen LogP contribution in [0.3, 0.4) is 0 Å². The summed E-state index contributed by atoms with van der Waals surface area (Å²) in [6.07, 6.45) is 4.77. The second kappa shape index (κ2) is 4.33. The fraction of sp³-hybridized carbons (Fsp3) is 1.00. The lowest BCUT2D eigenvalue weighted by Gasteiger charge is -2.28. The first kappa shape index (κ1) is 9.36. The molecule has 1 saturated heterocycles. The molecule has 0 aromatic heterocycles. The Balaban J connectivity index is 2.13. The van der Waals surface area contributed by atoms with Crippen LogP contribution in [0.15, 0.2) is 0 Å². The highest BCUT2D eigenvalue weighted by Crippen LogP contribution is 2.15. The summed E-state index contributed by atoms with van der Waals surface area (Å²) in [5, 5.41) is 0. The molecule has 0 unspecified atom stereocenters. The van der Waals surface area contributed by atoms with Gasteiger partial charge in [-0.25, -0.2) is 0 Å². The highest BCUT2D eigenvalue weighted by atomic mass is 32.2. The first-order chi connectivity index (χ1) is 5.27. The van der Waals surface area contributed by atoms with Crippen LogP contribution in [0, 0.1) is 0 Å². The lowest BCUT2D eigenvalue weighted by molar-refractivity contribution is -0.897. The van der Waals surface area contributed by atoms with Crippen molar-refractivity contribution >= 4 is 12.0 Å². The number of likely N-dealkylation sites (N-methyl/N-ethyl adjacent to an activating group) is 1. The minimum absolute atomic E-state index is 0.900. The molecule has 0 aromatic carbocycles. The van der Waals surface area contributed by atoms with E-state index in [2.05, 4.69) is 7.05 Å². The first-order valence-electron chi connectivity index (χ1n) is 4.26. The van der Waals surface area contributed by atoms with Crippen molar-refractivity contribution in [3.05, 3.63) is 0 Å². The van der Waals surface area contributed by atoms with Crippen LogP contribution in [0.2, 0.25) is 0 Å². The van der Waals surface area contributed by atoms with Crippen LogP contribution in [-0.4, -0.2) is 44.0 Å². The number of hydrogen-bond donors (Lipinski definition) is 0. The molecule has 0 atom stereocenters. The summed E-state index contributed by atoms with van der Waals surface area (Å²) in [6, 6.07) is 0. The molecule has 1 aliphatic heterocycles. The SMILES string of the molecule is CSOCC[N+]1(C)CCCC1. The molecule has 0 radical (unpaired) electrons. The van der Waals surface area contributed by atoms with Gasteiger partial charge < -0.3 is 8.67 Å². The number of likely N-dealkylation sites (tertiary alicyclic amines) is 1. The topological polar surface area (TPSA) is 9.23 Å². The Bertz CT molecular complexity index is 113. The van der Waals surface area contributed by atoms with E-state index in [0.29, 0.717) is 0 Å². The summed E-state index contributed by atoms with van der Waals surface area (Å²) in [7, 11) is 2.33. The van der Waals surface area contributed by atoms with Gasteiger partial charge in [0.1, 0.15) is 13.2 Å². The van der Waals surface area contributed by atoms with Gasteiger partial charge in [0.25, 0.3) is 0 Å². The molecule has 0 bridgehead atoms. The molecule has 11 heavy (non-hydrogen) atoms. The second-order valence-corrected chi connectivity index (χ2v) is 4.06. The highest BCUT2D eigenvalue weighted by Gasteiger charge is 2.25. The van der Waals surface area contributed by atoms with Gasteiger partial charge in [-0.05, 0) is 12.0 Å². The fourth-order valence-electron chi connectivity index (χ4n) is 1.66. The quantitative estimate of drug-likeness (QED) is 0.365. The second-order valence-electron chi connectivity index (χ2n) is 3.49. The predicted octanol–water partition coefficient (Wildman–Crippen LogP) is 1.52. The monoisotopic (exact) mass is 176 g/mol. The molecule has 1 rings (SSSR count). The van der Waals surface area contributed by atoms with Crippen molar-refractivity contribution in [2.45, 2.75) is 12.8 Å². The van der Waals surface area contributed by atoms with E-state index < -0.39 is 0 Å². The van der Waals surface area contributed by atoms with Gasteiger partial charge in [0.05, 0.1) is 20.1 Å². The Labute approximate surface area is 73.7 Å². The molecule has 3 heteroatoms. The zero-order valence-corrected chi connectivity index (χ0v) is 8.32. The third-order valence-electron chi connectivity index (χ3n) is 2.48. The molecule has 66 valence electrons. The van der Waals surface area contributed by atoms with Gasteiger partial charge in [-0.3, -0.25) is 0 Å². The third-order valence-corrected chi connectivity index (χ3v) is 2.88. The Morgan fingerprint density at radius 2 is 2.00 bits per heavy atom. The molecule has 0 aliphatic carbocycles. The van der Waals surface area contributed by atoms with E-state index in [1.165, 1.54) is 49.0 Å². The molecule has 0 aromatic rings. The molecule has 1 heterocycles. The Morgan fingerprint density at radius 3 is 2.55 bits per heavy atom. The molecule has 2 nitrogen and oxygen atoms in total. The van der Waals surface area contributed by atoms with Crippen molar-refractivity contribution in [3.63, 3.8) is 0 Å². The van der Waals surface area contributed by atoms with Gasteiger partial charge >= 0.3 is 0 Å². The molecule has 0 amide bonds. The lowest BCUT2D eigenvalue weighted by atomic mass is 10.4. The Morgan fingerprint density at radius 1 is 1.36 bits per heavy atom. The predicted molar refractivity (Wildman–Crippen MR) is 49.5 cm³/mol. The fourth-order valence-corrected chi connectivity index (χ4v) is 1.90. The number of nitrogens with zero attached hydrogens (tertiary/aromatic N) is 1. The van der Waals surface area contributed by atoms with Gasteiger partial charge in [0.2, 0.25) is 0 Å². The Kier molecular flexibility index (Phi) is 3.69. The number of rotatable bonds is 4. The largest absolute Gasteiger partial charge is 0.324 e. The molecule has 1 fully saturated rings. The van der Waals surface area contributed by atoms with Crippen LogP contribution in [0.1, 0.15) is 12.8 Å². The average Bonchev–Trinajstić information content (AvgIpc) is 2.38. The van der Waals surface area contributed by atoms with E-state index >= 15 is 0 Å². The maximum Gasteiger partial charge on any atom is 0.110 e. The van der Waals surface area contributed by atoms with Gasteiger partial charge in [-0.2, -0.15) is 0 Å². The summed E-state index contributed by atoms with van der Waals surface area (Å²) in [6.45, 7) is 4.77. The highest BCUT2D eigenvalue weighted by molar-refractivity contribution is 7.93. The molecule has 0 N–H and O–H groups in total. The summed E-state index contributed by atoms with van der Waals surface area (Å²) in [5.74, 6) is 0. The van der Waals surface area contributed by atoms with Crippen molar-refractivity contribution in [2.75, 3.05) is 39.5 Å². The van der Waals surface area contributed by atoms with Crippen LogP contribution in [-0.2, 0) is 4.18 Å². The van der Waals surface area contributed by atoms with Crippen molar-refractivity contribution < 1.29 is 8.67 Å². The molecule has 0 spiro atoms. The van der Waals surface area contributed by atoms with E-state index in [4.69, 9.17) is 4.18 Å². The van der Waals surface area contributed by atoms with Gasteiger partial charge in [0, 0.05) is 19.1 Å². The number of quaternary nitrogens is 1. The zero-order chi connectivity index (χ0) is 8.16. The van der Waals surface area contributed by atoms with Crippen LogP contribution in [0.25, 0.3) is 0 Å². The standard InChI is InChI=1S/C8H18NOS/c1-9(5-3-4-6-9)7-8-10-11-2/h3-8H2,1-2H3/q+1. The van der Waals surface area contributed by atoms with E-state index in [1.54, 1.807) is 0 Å². The van der Waals surface area contributed by atoms with Crippen molar-refractivity contribution in [1.82, 2.24) is 0 Å². The van der Waals surface area contributed by atoms with Gasteiger partial charge in [0.15, 0.2) is 0 Å². The van der Waals surface area contributed by atoms with Gasteiger partial charge in [-0.1, -0.05) is 0 Å². The lowest BCUT2D eigenvalue weighted by Crippen LogP contribution is -2.43. The van der Waals surface area contributed by atoms with Crippen LogP contribution in [0.5, 0.6) is 0 Å². The summed E-state index contributed by atoms with van der Waals surface area (Å²) in [5.41, 5.74) is 0. The molecular weight excluding hydrogens is 158 g/mol. The van der Waals surface area contributed by atoms with Gasteiger partial charge in [-0.15, -0.1) is 0 Å². The molecule has 0 saturated carbocycles. The van der Waals surface area contributed by atoms with E-state index in [-0.39, 0.29) is 0 Å². The molecular formula is C8H18NOS+. The minimum Gasteiger partial charge on any atom is -0.324 e. The average molecular weight is 176 g/mol. The van der Waals surface area contributed by atoms with Crippen molar-refractivity contribution in [1.29, 1.82) is 0 Å². The van der Waals surface area contributed by atoms with Crippen molar-refractivity contribution in [3.8, 4) is 0 Å². The summed E-state index contributed by atoms with van der Waals surface area (Å²) < 4.78 is 6.48. The number of hydrogen-bond acceptors (Lipinski definition) is 2. The zero-order valence-electron chi connectivity index (χ0n) is 7.51. The maximum absolute atomic E-state index is 5.26. The van der Waals surface area contributed by atoms with Crippen LogP contribution < -0.4 is 0 Å². The Hall–Kier alpha value is 0.270. The third kappa shape index (κ3) is 3.01. The smallest absolute Gasteiger partial charge is 0.110 e. The van der Waals surface area contributed by atoms with Crippen LogP contribution >= 0.6 is 12.0 Å². The van der Waals surface area contributed by atoms with E-state index in [9.17, 15) is 0 Å². The normalized spacial score (nSPS) is 22.4. The minimum atomic E-state index is 0.900. The maximum atomic E-state index is 5.26. The van der Waals surface area contributed by atoms with E-state index in [1.807, 2.05) is 6.26 Å². The summed E-state index contributed by atoms with van der Waals surface area (Å²) in [4.78, 5) is 0. The molecule has 1 aliphatic rings. The van der Waals surface area contributed by atoms with Crippen LogP contribution in [0.4, 0.5) is 0 Å².